The molecule has 2 aromatic carbocycles. The molecule has 4 N–H and O–H groups in total. The smallest absolute Gasteiger partial charge is 0.281 e. The standard InChI is InChI=1S/C37H38F2N6O5/c1-42-13-9-21-17-28(37(48)22-15-25(38)33(26(39)16-22)41-31(47)8-6-11-44-14-10-23(46)19-44)45-12-5-7-24(35(21)45)32-29(50-4)18-27-34(36(32)42)40-30(20-49-3)43(27)2/h5-8,12,15-18,23,46H,9-11,13-14,19-20H2,1-4H3,(H,41,47,48)/p+2/b8-6+/t23-/m0/s1. The second kappa shape index (κ2) is 13.3. The minimum Gasteiger partial charge on any atom is -0.496 e. The molecule has 1 unspecified atom stereocenters. The third-order valence-corrected chi connectivity index (χ3v) is 9.83. The van der Waals surface area contributed by atoms with Gasteiger partial charge in [-0.05, 0) is 42.3 Å². The van der Waals surface area contributed by atoms with Crippen molar-refractivity contribution in [2.24, 2.45) is 7.05 Å². The molecule has 0 bridgehead atoms. The highest BCUT2D eigenvalue weighted by atomic mass is 19.1. The largest absolute Gasteiger partial charge is 0.496 e. The van der Waals surface area contributed by atoms with E-state index < -0.39 is 29.0 Å². The van der Waals surface area contributed by atoms with Gasteiger partial charge in [-0.1, -0.05) is 6.07 Å². The van der Waals surface area contributed by atoms with Crippen molar-refractivity contribution in [1.29, 1.82) is 0 Å². The Morgan fingerprint density at radius 2 is 1.98 bits per heavy atom. The lowest BCUT2D eigenvalue weighted by atomic mass is 9.96. The van der Waals surface area contributed by atoms with E-state index in [1.807, 2.05) is 36.9 Å². The average molecular weight is 687 g/mol. The zero-order valence-corrected chi connectivity index (χ0v) is 28.4. The van der Waals surface area contributed by atoms with Gasteiger partial charge < -0.3 is 34.1 Å². The topological polar surface area (TPSA) is 117 Å². The number of nitrogens with zero attached hydrogens (tertiary/aromatic N) is 3. The van der Waals surface area contributed by atoms with Crippen LogP contribution in [0.15, 0.2) is 54.7 Å². The predicted molar refractivity (Wildman–Crippen MR) is 184 cm³/mol. The van der Waals surface area contributed by atoms with Gasteiger partial charge in [-0.25, -0.2) is 18.3 Å². The molecule has 5 heterocycles. The molecular weight excluding hydrogens is 646 g/mol. The second-order valence-corrected chi connectivity index (χ2v) is 13.0. The monoisotopic (exact) mass is 686 g/mol. The van der Waals surface area contributed by atoms with Gasteiger partial charge in [-0.3, -0.25) is 9.59 Å². The summed E-state index contributed by atoms with van der Waals surface area (Å²) in [5.74, 6) is -1.82. The molecule has 1 saturated heterocycles. The van der Waals surface area contributed by atoms with Crippen LogP contribution in [0.5, 0.6) is 5.75 Å². The number of amides is 1. The normalized spacial score (nSPS) is 17.4. The third-order valence-electron chi connectivity index (χ3n) is 9.83. The number of aliphatic hydroxyl groups is 1. The number of hydrogen-bond acceptors (Lipinski definition) is 6. The first-order chi connectivity index (χ1) is 24.1. The van der Waals surface area contributed by atoms with E-state index in [2.05, 4.69) is 15.2 Å². The van der Waals surface area contributed by atoms with Crippen LogP contribution in [-0.2, 0) is 29.6 Å². The van der Waals surface area contributed by atoms with Gasteiger partial charge in [0.2, 0.25) is 11.7 Å². The number of carbonyl (C=O) groups excluding carboxylic acids is 2. The molecule has 2 aliphatic heterocycles. The van der Waals surface area contributed by atoms with E-state index in [4.69, 9.17) is 9.47 Å². The maximum Gasteiger partial charge on any atom is 0.281 e. The third kappa shape index (κ3) is 5.80. The zero-order valence-electron chi connectivity index (χ0n) is 28.4. The lowest BCUT2D eigenvalue weighted by Crippen LogP contribution is -3.10. The number of rotatable bonds is 9. The highest BCUT2D eigenvalue weighted by Gasteiger charge is 2.31. The predicted octanol–water partition coefficient (Wildman–Crippen LogP) is 2.71. The first-order valence-electron chi connectivity index (χ1n) is 16.6. The highest BCUT2D eigenvalue weighted by molar-refractivity contribution is 6.11. The van der Waals surface area contributed by atoms with E-state index in [1.165, 1.54) is 6.08 Å². The Labute approximate surface area is 287 Å². The molecule has 2 aliphatic rings. The van der Waals surface area contributed by atoms with E-state index in [9.17, 15) is 14.7 Å². The van der Waals surface area contributed by atoms with Gasteiger partial charge in [0.25, 0.3) is 5.82 Å². The average Bonchev–Trinajstić information content (AvgIpc) is 3.78. The number of nitrogens with one attached hydrogen (secondary N) is 3. The lowest BCUT2D eigenvalue weighted by molar-refractivity contribution is -0.882. The van der Waals surface area contributed by atoms with E-state index in [-0.39, 0.29) is 17.4 Å². The van der Waals surface area contributed by atoms with Crippen molar-refractivity contribution in [2.45, 2.75) is 25.6 Å². The number of H-pyrrole nitrogens is 1. The van der Waals surface area contributed by atoms with E-state index in [1.54, 1.807) is 37.0 Å². The molecule has 1 fully saturated rings. The number of fused-ring (bicyclic) bond motifs is 4. The minimum absolute atomic E-state index is 0.183. The van der Waals surface area contributed by atoms with Crippen LogP contribution in [0.2, 0.25) is 0 Å². The summed E-state index contributed by atoms with van der Waals surface area (Å²) in [7, 11) is 7.27. The number of quaternary nitrogens is 1. The lowest BCUT2D eigenvalue weighted by Gasteiger charge is -2.26. The van der Waals surface area contributed by atoms with Gasteiger partial charge in [-0.15, -0.1) is 0 Å². The fraction of sp³-hybridized carbons (Fsp3) is 0.324. The van der Waals surface area contributed by atoms with Crippen molar-refractivity contribution in [1.82, 2.24) is 9.38 Å². The molecule has 2 atom stereocenters. The molecule has 1 amide bonds. The Bertz CT molecular complexity index is 2170. The Morgan fingerprint density at radius 1 is 1.20 bits per heavy atom. The maximum absolute atomic E-state index is 15.3. The van der Waals surface area contributed by atoms with Crippen molar-refractivity contribution in [3.05, 3.63) is 89.0 Å². The fourth-order valence-corrected chi connectivity index (χ4v) is 7.34. The van der Waals surface area contributed by atoms with Crippen LogP contribution in [0.3, 0.4) is 0 Å². The Hall–Kier alpha value is -5.11. The van der Waals surface area contributed by atoms with Crippen molar-refractivity contribution >= 4 is 39.6 Å². The van der Waals surface area contributed by atoms with Crippen molar-refractivity contribution in [3.63, 3.8) is 0 Å². The molecule has 0 radical (unpaired) electrons. The van der Waals surface area contributed by atoms with Crippen LogP contribution >= 0.6 is 0 Å². The molecule has 0 aliphatic carbocycles. The van der Waals surface area contributed by atoms with E-state index in [0.29, 0.717) is 44.8 Å². The van der Waals surface area contributed by atoms with Gasteiger partial charge in [0.1, 0.15) is 48.0 Å². The van der Waals surface area contributed by atoms with Crippen LogP contribution in [0.4, 0.5) is 20.2 Å². The molecule has 5 aromatic rings. The van der Waals surface area contributed by atoms with Crippen molar-refractivity contribution in [3.8, 4) is 16.9 Å². The number of likely N-dealkylation sites (N-methyl/N-ethyl adjacent to an activating group) is 1. The summed E-state index contributed by atoms with van der Waals surface area (Å²) in [5, 5.41) is 11.9. The van der Waals surface area contributed by atoms with E-state index >= 15 is 8.78 Å². The number of aryl methyl sites for hydroxylation is 1. The fourth-order valence-electron chi connectivity index (χ4n) is 7.34. The minimum atomic E-state index is -1.06. The number of ether oxygens (including phenoxy) is 2. The van der Waals surface area contributed by atoms with Crippen LogP contribution in [-0.4, -0.2) is 79.7 Å². The molecule has 13 heteroatoms. The number of halogens is 2. The van der Waals surface area contributed by atoms with Crippen LogP contribution in [0.25, 0.3) is 27.7 Å². The van der Waals surface area contributed by atoms with Gasteiger partial charge in [-0.2, -0.15) is 0 Å². The Balaban J connectivity index is 1.24. The molecule has 11 nitrogen and oxygen atoms in total. The summed E-state index contributed by atoms with van der Waals surface area (Å²) in [6, 6.07) is 9.50. The van der Waals surface area contributed by atoms with Crippen LogP contribution in [0, 0.1) is 11.6 Å². The molecule has 7 rings (SSSR count). The first kappa shape index (κ1) is 33.4. The SMILES string of the molecule is COCc1[nH]c2c3c(c(OC)cc2[n+]1C)-c1cccn2c(C(=O)c4cc(F)c(NC(=O)/C=C/C[NH+]5CC[C@H](O)C5)c(F)c4)cc(c12)CCN3C. The molecule has 0 spiro atoms. The van der Waals surface area contributed by atoms with E-state index in [0.717, 1.165) is 68.3 Å². The van der Waals surface area contributed by atoms with Crippen LogP contribution in [0.1, 0.15) is 33.9 Å². The van der Waals surface area contributed by atoms with Crippen molar-refractivity contribution < 1.29 is 42.4 Å². The number of aromatic nitrogens is 3. The number of anilines is 2. The summed E-state index contributed by atoms with van der Waals surface area (Å²) >= 11 is 0. The Morgan fingerprint density at radius 3 is 2.68 bits per heavy atom. The summed E-state index contributed by atoms with van der Waals surface area (Å²) in [4.78, 5) is 33.3. The summed E-state index contributed by atoms with van der Waals surface area (Å²) in [5.41, 5.74) is 5.66. The zero-order chi connectivity index (χ0) is 35.3. The molecule has 0 saturated carbocycles. The van der Waals surface area contributed by atoms with Gasteiger partial charge in [0, 0.05) is 56.6 Å². The molecular formula is C37H40F2N6O5+2. The van der Waals surface area contributed by atoms with Crippen molar-refractivity contribution in [2.75, 3.05) is 57.7 Å². The molecule has 50 heavy (non-hydrogen) atoms. The number of pyridine rings is 1. The first-order valence-corrected chi connectivity index (χ1v) is 16.6. The number of carbonyl (C=O) groups is 2. The van der Waals surface area contributed by atoms with Crippen LogP contribution < -0.4 is 24.4 Å². The molecule has 260 valence electrons. The number of aromatic amines is 1. The summed E-state index contributed by atoms with van der Waals surface area (Å²) < 4.78 is 45.9. The highest BCUT2D eigenvalue weighted by Crippen LogP contribution is 2.46. The number of likely N-dealkylation sites (tertiary alicyclic amines) is 1. The van der Waals surface area contributed by atoms with Gasteiger partial charge in [0.05, 0.1) is 44.0 Å². The summed E-state index contributed by atoms with van der Waals surface area (Å²) in [6.45, 7) is 2.90. The van der Waals surface area contributed by atoms with Gasteiger partial charge >= 0.3 is 0 Å². The number of imidazole rings is 1. The summed E-state index contributed by atoms with van der Waals surface area (Å²) in [6.07, 6.45) is 5.55. The number of ketones is 1. The number of benzene rings is 2. The number of methoxy groups -OCH3 is 2. The quantitative estimate of drug-likeness (QED) is 0.108. The second-order valence-electron chi connectivity index (χ2n) is 13.0. The van der Waals surface area contributed by atoms with Gasteiger partial charge in [0.15, 0.2) is 11.0 Å². The molecule has 3 aromatic heterocycles. The number of hydrogen-bond donors (Lipinski definition) is 4. The maximum atomic E-state index is 15.3. The Kier molecular flexibility index (Phi) is 8.89. The number of aliphatic hydroxyl groups excluding tert-OH is 1.